The summed E-state index contributed by atoms with van der Waals surface area (Å²) < 4.78 is 5.59. The molecule has 3 rings (SSSR count). The number of nitrogens with one attached hydrogen (secondary N) is 1. The summed E-state index contributed by atoms with van der Waals surface area (Å²) in [6.07, 6.45) is 7.18. The van der Waals surface area contributed by atoms with E-state index in [0.717, 1.165) is 60.4 Å². The van der Waals surface area contributed by atoms with Crippen molar-refractivity contribution in [1.29, 1.82) is 5.26 Å². The van der Waals surface area contributed by atoms with Gasteiger partial charge in [0.1, 0.15) is 12.8 Å². The van der Waals surface area contributed by atoms with E-state index in [0.29, 0.717) is 17.9 Å². The van der Waals surface area contributed by atoms with Crippen LogP contribution in [0.25, 0.3) is 0 Å². The average Bonchev–Trinajstić information content (AvgIpc) is 3.00. The van der Waals surface area contributed by atoms with Crippen molar-refractivity contribution in [2.24, 2.45) is 0 Å². The van der Waals surface area contributed by atoms with Gasteiger partial charge in [-0.15, -0.1) is 0 Å². The molecule has 0 spiro atoms. The molecule has 1 N–H and O–H groups in total. The van der Waals surface area contributed by atoms with Gasteiger partial charge in [-0.2, -0.15) is 5.26 Å². The number of amides is 1. The molecule has 5 nitrogen and oxygen atoms in total. The van der Waals surface area contributed by atoms with Crippen molar-refractivity contribution in [3.63, 3.8) is 0 Å². The van der Waals surface area contributed by atoms with Crippen molar-refractivity contribution in [3.8, 4) is 6.07 Å². The number of nitriles is 1. The lowest BCUT2D eigenvalue weighted by Gasteiger charge is -2.25. The summed E-state index contributed by atoms with van der Waals surface area (Å²) in [5.41, 5.74) is 4.09. The molecule has 168 valence electrons. The third kappa shape index (κ3) is 6.65. The van der Waals surface area contributed by atoms with Crippen LogP contribution < -0.4 is 5.32 Å². The fourth-order valence-corrected chi connectivity index (χ4v) is 8.58. The Balaban J connectivity index is 1.69. The van der Waals surface area contributed by atoms with Gasteiger partial charge in [-0.25, -0.2) is 4.79 Å². The summed E-state index contributed by atoms with van der Waals surface area (Å²) in [7, 11) is -1.79. The van der Waals surface area contributed by atoms with Gasteiger partial charge in [-0.05, 0) is 68.4 Å². The summed E-state index contributed by atoms with van der Waals surface area (Å²) in [5, 5.41) is 12.2. The zero-order valence-corrected chi connectivity index (χ0v) is 19.9. The number of anilines is 1. The van der Waals surface area contributed by atoms with Crippen LogP contribution in [0.2, 0.25) is 0 Å². The van der Waals surface area contributed by atoms with Crippen LogP contribution in [0.4, 0.5) is 5.69 Å². The lowest BCUT2D eigenvalue weighted by molar-refractivity contribution is -0.141. The SMILES string of the molecule is Cc1cc(C#N)cc(C)c1NC(=O)C[P+]1(CC(=O)OCc2ccccc2)CCCCCC1. The molecule has 0 atom stereocenters. The number of rotatable bonds is 7. The third-order valence-electron chi connectivity index (χ3n) is 6.13. The normalized spacial score (nSPS) is 15.3. The molecule has 2 aromatic carbocycles. The van der Waals surface area contributed by atoms with E-state index in [1.54, 1.807) is 12.1 Å². The van der Waals surface area contributed by atoms with Gasteiger partial charge < -0.3 is 10.1 Å². The Labute approximate surface area is 191 Å². The van der Waals surface area contributed by atoms with E-state index in [2.05, 4.69) is 11.4 Å². The highest BCUT2D eigenvalue weighted by molar-refractivity contribution is 7.77. The number of esters is 1. The van der Waals surface area contributed by atoms with Crippen molar-refractivity contribution in [2.75, 3.05) is 30.0 Å². The number of hydrogen-bond acceptors (Lipinski definition) is 4. The number of benzene rings is 2. The monoisotopic (exact) mass is 451 g/mol. The standard InChI is InChI=1S/C26H31N2O3P/c1-20-14-23(16-27)15-21(2)26(20)28-24(29)18-32(12-8-3-4-9-13-32)19-25(30)31-17-22-10-6-5-7-11-22/h5-7,10-11,14-15H,3-4,8-9,12-13,17-19H2,1-2H3/p+1. The maximum atomic E-state index is 13.1. The van der Waals surface area contributed by atoms with Crippen LogP contribution in [0.3, 0.4) is 0 Å². The highest BCUT2D eigenvalue weighted by Crippen LogP contribution is 2.61. The number of carbonyl (C=O) groups excluding carboxylic acids is 2. The Hall–Kier alpha value is -2.70. The molecular formula is C26H32N2O3P+. The van der Waals surface area contributed by atoms with Crippen LogP contribution in [0.15, 0.2) is 42.5 Å². The average molecular weight is 452 g/mol. The summed E-state index contributed by atoms with van der Waals surface area (Å²) in [6.45, 7) is 4.08. The van der Waals surface area contributed by atoms with E-state index >= 15 is 0 Å². The summed E-state index contributed by atoms with van der Waals surface area (Å²) in [5.74, 6) is -0.227. The van der Waals surface area contributed by atoms with Gasteiger partial charge in [0.15, 0.2) is 6.16 Å². The van der Waals surface area contributed by atoms with Gasteiger partial charge in [0.2, 0.25) is 0 Å². The number of aryl methyl sites for hydroxylation is 2. The van der Waals surface area contributed by atoms with Crippen LogP contribution in [-0.4, -0.2) is 36.5 Å². The van der Waals surface area contributed by atoms with Crippen LogP contribution in [0, 0.1) is 25.2 Å². The minimum atomic E-state index is -1.79. The Kier molecular flexibility index (Phi) is 8.42. The molecule has 0 unspecified atom stereocenters. The fourth-order valence-electron chi connectivity index (χ4n) is 4.50. The Morgan fingerprint density at radius 3 is 2.22 bits per heavy atom. The Bertz CT molecular complexity index is 967. The molecule has 0 aliphatic carbocycles. The van der Waals surface area contributed by atoms with Gasteiger partial charge in [-0.3, -0.25) is 4.79 Å². The number of ether oxygens (including phenoxy) is 1. The van der Waals surface area contributed by atoms with E-state index in [1.165, 1.54) is 0 Å². The maximum absolute atomic E-state index is 13.1. The van der Waals surface area contributed by atoms with E-state index in [1.807, 2.05) is 44.2 Å². The minimum absolute atomic E-state index is 0.0352. The zero-order chi connectivity index (χ0) is 23.0. The topological polar surface area (TPSA) is 79.2 Å². The molecule has 6 heteroatoms. The molecule has 1 heterocycles. The second-order valence-corrected chi connectivity index (χ2v) is 13.0. The first kappa shape index (κ1) is 24.0. The lowest BCUT2D eigenvalue weighted by atomic mass is 10.0. The van der Waals surface area contributed by atoms with E-state index in [-0.39, 0.29) is 18.5 Å². The molecule has 32 heavy (non-hydrogen) atoms. The van der Waals surface area contributed by atoms with E-state index in [4.69, 9.17) is 10.00 Å². The largest absolute Gasteiger partial charge is 0.458 e. The fraction of sp³-hybridized carbons (Fsp3) is 0.423. The second kappa shape index (κ2) is 11.2. The molecule has 0 aromatic heterocycles. The second-order valence-electron chi connectivity index (χ2n) is 8.81. The number of carbonyl (C=O) groups is 2. The maximum Gasteiger partial charge on any atom is 0.344 e. The highest BCUT2D eigenvalue weighted by Gasteiger charge is 2.43. The molecule has 1 amide bonds. The Morgan fingerprint density at radius 2 is 1.62 bits per heavy atom. The predicted octanol–water partition coefficient (Wildman–Crippen LogP) is 5.45. The molecule has 1 fully saturated rings. The third-order valence-corrected chi connectivity index (χ3v) is 10.5. The first-order valence-electron chi connectivity index (χ1n) is 11.3. The first-order valence-corrected chi connectivity index (χ1v) is 13.8. The van der Waals surface area contributed by atoms with Crippen molar-refractivity contribution < 1.29 is 14.3 Å². The van der Waals surface area contributed by atoms with Gasteiger partial charge in [0.05, 0.1) is 24.0 Å². The first-order chi connectivity index (χ1) is 15.4. The molecule has 1 saturated heterocycles. The van der Waals surface area contributed by atoms with Crippen molar-refractivity contribution >= 4 is 24.8 Å². The zero-order valence-electron chi connectivity index (χ0n) is 19.0. The smallest absolute Gasteiger partial charge is 0.344 e. The van der Waals surface area contributed by atoms with Gasteiger partial charge >= 0.3 is 5.97 Å². The molecule has 1 aliphatic heterocycles. The number of hydrogen-bond donors (Lipinski definition) is 1. The van der Waals surface area contributed by atoms with E-state index < -0.39 is 7.26 Å². The van der Waals surface area contributed by atoms with Gasteiger partial charge in [0, 0.05) is 12.9 Å². The van der Waals surface area contributed by atoms with E-state index in [9.17, 15) is 9.59 Å². The molecule has 0 bridgehead atoms. The summed E-state index contributed by atoms with van der Waals surface area (Å²) >= 11 is 0. The van der Waals surface area contributed by atoms with Gasteiger partial charge in [-0.1, -0.05) is 30.3 Å². The Morgan fingerprint density at radius 1 is 1.00 bits per heavy atom. The van der Waals surface area contributed by atoms with Gasteiger partial charge in [0.25, 0.3) is 5.91 Å². The quantitative estimate of drug-likeness (QED) is 0.449. The highest BCUT2D eigenvalue weighted by atomic mass is 31.2. The van der Waals surface area contributed by atoms with Crippen LogP contribution in [-0.2, 0) is 20.9 Å². The minimum Gasteiger partial charge on any atom is -0.458 e. The lowest BCUT2D eigenvalue weighted by Crippen LogP contribution is -2.26. The molecule has 2 aromatic rings. The van der Waals surface area contributed by atoms with Crippen LogP contribution in [0.5, 0.6) is 0 Å². The molecule has 0 saturated carbocycles. The van der Waals surface area contributed by atoms with Crippen molar-refractivity contribution in [2.45, 2.75) is 46.1 Å². The van der Waals surface area contributed by atoms with Crippen molar-refractivity contribution in [3.05, 3.63) is 64.7 Å². The van der Waals surface area contributed by atoms with Crippen LogP contribution >= 0.6 is 7.26 Å². The summed E-state index contributed by atoms with van der Waals surface area (Å²) in [6, 6.07) is 15.4. The molecular weight excluding hydrogens is 419 g/mol. The number of nitrogens with zero attached hydrogens (tertiary/aromatic N) is 1. The predicted molar refractivity (Wildman–Crippen MR) is 130 cm³/mol. The van der Waals surface area contributed by atoms with Crippen LogP contribution in [0.1, 0.15) is 47.9 Å². The van der Waals surface area contributed by atoms with Crippen molar-refractivity contribution in [1.82, 2.24) is 0 Å². The summed E-state index contributed by atoms with van der Waals surface area (Å²) in [4.78, 5) is 25.9. The molecule has 1 aliphatic rings. The molecule has 0 radical (unpaired) electrons.